The molecule has 24 atom stereocenters. The Kier molecular flexibility index (Phi) is 22.6. The van der Waals surface area contributed by atoms with Gasteiger partial charge < -0.3 is 51.3 Å². The van der Waals surface area contributed by atoms with Gasteiger partial charge in [0.1, 0.15) is 6.04 Å². The van der Waals surface area contributed by atoms with Gasteiger partial charge in [0, 0.05) is 32.7 Å². The predicted molar refractivity (Wildman–Crippen MR) is 405 cm³/mol. The number of nitrogen functional groups attached to an aromatic ring is 2. The van der Waals surface area contributed by atoms with Crippen LogP contribution in [0.2, 0.25) is 0 Å². The van der Waals surface area contributed by atoms with E-state index in [1.165, 1.54) is 12.0 Å². The molecule has 20 nitrogen and oxygen atoms in total. The summed E-state index contributed by atoms with van der Waals surface area (Å²) in [6.45, 7) is 63.7. The molecule has 6 saturated carbocycles. The normalized spacial score (nSPS) is 42.3. The highest BCUT2D eigenvalue weighted by atomic mass is 16.5. The predicted octanol–water partition coefficient (Wildman–Crippen LogP) is 15.6. The average molecular weight is 1430 g/mol. The maximum absolute atomic E-state index is 13.5. The molecular formula is C82H144N12O8. The number of likely N-dealkylation sites (N-methyl/N-ethyl adjacent to an activating group) is 2. The van der Waals surface area contributed by atoms with Crippen molar-refractivity contribution in [1.29, 1.82) is 0 Å². The second-order valence-corrected chi connectivity index (χ2v) is 40.1. The second kappa shape index (κ2) is 28.2. The number of rotatable bonds is 17. The number of hydrogen-bond acceptors (Lipinski definition) is 16. The molecule has 10 aliphatic rings. The average Bonchev–Trinajstić information content (AvgIpc) is 0.762. The number of fused-ring (bicyclic) bond motifs is 6. The summed E-state index contributed by atoms with van der Waals surface area (Å²) < 4.78 is 27.7. The number of H-pyrrole nitrogens is 1. The number of carboxylic acids is 2. The van der Waals surface area contributed by atoms with Crippen molar-refractivity contribution in [3.63, 3.8) is 0 Å². The Morgan fingerprint density at radius 3 is 1.39 bits per heavy atom. The van der Waals surface area contributed by atoms with Crippen LogP contribution in [-0.4, -0.2) is 139 Å². The largest absolute Gasteiger partial charge is 0.481 e. The van der Waals surface area contributed by atoms with Crippen molar-refractivity contribution in [2.75, 3.05) is 64.2 Å². The molecule has 4 heterocycles. The molecule has 4 bridgehead atoms. The summed E-state index contributed by atoms with van der Waals surface area (Å²) in [5.41, 5.74) is 12.0. The molecule has 0 aromatic carbocycles. The SMILES string of the molecule is C.CCN[C@@](C)(CO[C@H]1[C@H](C)C[C@@]23COC[C@]1(C)[C@@H]2CC[C@H]1C3=CC[C@@]2(C)[C@H](C(=O)O)[C@@](C)([C@H](C)C(C)C)CC[C@]12C)C(C)(C)C.CCN[C@@](C)(CO[C@H]1[C@H](n2nnc(N)n2)C[C@@]23COC[C@]1(C)[C@@H]2CC[C@H]1C3=CC[C@@]2(C)[C@H](C(=O)O)[C@@](C)([C@H](C)C(C)C)CC[C@]12C)C(C)(C)C.Nc1nn[nH]n1. The van der Waals surface area contributed by atoms with Gasteiger partial charge in [-0.25, -0.2) is 0 Å². The van der Waals surface area contributed by atoms with Crippen LogP contribution in [0.15, 0.2) is 23.3 Å². The van der Waals surface area contributed by atoms with E-state index in [1.54, 1.807) is 10.4 Å². The van der Waals surface area contributed by atoms with Crippen molar-refractivity contribution >= 4 is 23.8 Å². The second-order valence-electron chi connectivity index (χ2n) is 40.1. The molecule has 2 saturated heterocycles. The smallest absolute Gasteiger partial charge is 0.307 e. The number of ether oxygens (including phenoxy) is 4. The number of aromatic amines is 1. The molecule has 0 amide bonds. The fourth-order valence-corrected chi connectivity index (χ4v) is 25.4. The zero-order chi connectivity index (χ0) is 74.9. The van der Waals surface area contributed by atoms with E-state index in [0.29, 0.717) is 73.8 Å². The third kappa shape index (κ3) is 12.6. The van der Waals surface area contributed by atoms with Crippen LogP contribution in [0.4, 0.5) is 11.9 Å². The minimum atomic E-state index is -0.627. The van der Waals surface area contributed by atoms with Crippen molar-refractivity contribution in [2.45, 2.75) is 287 Å². The highest BCUT2D eigenvalue weighted by Crippen LogP contribution is 2.78. The molecular weight excluding hydrogens is 1280 g/mol. The Balaban J connectivity index is 0.000000218. The molecule has 0 unspecified atom stereocenters. The number of aliphatic carboxylic acids is 2. The molecule has 20 heteroatoms. The van der Waals surface area contributed by atoms with Crippen molar-refractivity contribution < 1.29 is 38.7 Å². The van der Waals surface area contributed by atoms with Crippen molar-refractivity contribution in [2.24, 2.45) is 130 Å². The number of nitrogens with zero attached hydrogens (tertiary/aromatic N) is 7. The van der Waals surface area contributed by atoms with Gasteiger partial charge in [-0.05, 0) is 211 Å². The van der Waals surface area contributed by atoms with Crippen LogP contribution in [0.1, 0.15) is 264 Å². The van der Waals surface area contributed by atoms with Gasteiger partial charge in [0.05, 0.1) is 63.7 Å². The molecule has 12 rings (SSSR count). The van der Waals surface area contributed by atoms with Crippen LogP contribution in [0.3, 0.4) is 0 Å². The molecule has 2 aromatic heterocycles. The Morgan fingerprint density at radius 1 is 0.618 bits per heavy atom. The first-order valence-corrected chi connectivity index (χ1v) is 39.5. The number of anilines is 2. The number of allylic oxidation sites excluding steroid dienone is 2. The van der Waals surface area contributed by atoms with Crippen LogP contribution in [-0.2, 0) is 28.5 Å². The molecule has 0 radical (unpaired) electrons. The minimum absolute atomic E-state index is 0. The van der Waals surface area contributed by atoms with E-state index in [4.69, 9.17) is 30.4 Å². The third-order valence-electron chi connectivity index (χ3n) is 33.1. The van der Waals surface area contributed by atoms with Crippen molar-refractivity contribution in [3.8, 4) is 0 Å². The van der Waals surface area contributed by atoms with Crippen molar-refractivity contribution in [3.05, 3.63) is 23.3 Å². The van der Waals surface area contributed by atoms with E-state index >= 15 is 0 Å². The zero-order valence-corrected chi connectivity index (χ0v) is 67.5. The van der Waals surface area contributed by atoms with Gasteiger partial charge in [0.2, 0.25) is 0 Å². The number of carbonyl (C=O) groups is 2. The number of carboxylic acid groups (broad SMARTS) is 2. The lowest BCUT2D eigenvalue weighted by molar-refractivity contribution is -0.255. The lowest BCUT2D eigenvalue weighted by Gasteiger charge is -2.71. The maximum Gasteiger partial charge on any atom is 0.307 e. The van der Waals surface area contributed by atoms with Crippen LogP contribution in [0, 0.1) is 130 Å². The van der Waals surface area contributed by atoms with Crippen LogP contribution in [0.5, 0.6) is 0 Å². The molecule has 2 aromatic rings. The van der Waals surface area contributed by atoms with Gasteiger partial charge in [0.15, 0.2) is 0 Å². The number of nitrogens with one attached hydrogen (secondary N) is 3. The van der Waals surface area contributed by atoms with Gasteiger partial charge in [-0.2, -0.15) is 10.0 Å². The van der Waals surface area contributed by atoms with E-state index in [0.717, 1.165) is 96.9 Å². The molecule has 8 aliphatic carbocycles. The van der Waals surface area contributed by atoms with Crippen LogP contribution in [0.25, 0.3) is 0 Å². The third-order valence-corrected chi connectivity index (χ3v) is 33.1. The van der Waals surface area contributed by atoms with Gasteiger partial charge in [-0.1, -0.05) is 200 Å². The molecule has 8 fully saturated rings. The number of hydrogen-bond donors (Lipinski definition) is 7. The van der Waals surface area contributed by atoms with E-state index in [2.05, 4.69) is 232 Å². The topological polar surface area (TPSA) is 286 Å². The monoisotopic (exact) mass is 1430 g/mol. The quantitative estimate of drug-likeness (QED) is 0.0725. The Bertz CT molecular complexity index is 3350. The first-order chi connectivity index (χ1) is 46.7. The summed E-state index contributed by atoms with van der Waals surface area (Å²) in [5.74, 6) is 1.93. The van der Waals surface area contributed by atoms with E-state index in [9.17, 15) is 19.8 Å². The van der Waals surface area contributed by atoms with E-state index in [-0.39, 0.29) is 125 Å². The molecule has 580 valence electrons. The van der Waals surface area contributed by atoms with Gasteiger partial charge >= 0.3 is 11.9 Å². The van der Waals surface area contributed by atoms with Crippen molar-refractivity contribution in [1.82, 2.24) is 51.5 Å². The highest BCUT2D eigenvalue weighted by molar-refractivity contribution is 5.74. The van der Waals surface area contributed by atoms with E-state index < -0.39 is 17.9 Å². The highest BCUT2D eigenvalue weighted by Gasteiger charge is 2.75. The molecule has 2 aliphatic heterocycles. The van der Waals surface area contributed by atoms with E-state index in [1.807, 2.05) is 0 Å². The summed E-state index contributed by atoms with van der Waals surface area (Å²) in [7, 11) is 0. The Labute approximate surface area is 615 Å². The van der Waals surface area contributed by atoms with Crippen LogP contribution >= 0.6 is 0 Å². The number of nitrogens with two attached hydrogens (primary N) is 2. The summed E-state index contributed by atoms with van der Waals surface area (Å²) in [6.07, 6.45) is 17.1. The molecule has 9 N–H and O–H groups in total. The number of aromatic nitrogens is 8. The summed E-state index contributed by atoms with van der Waals surface area (Å²) >= 11 is 0. The van der Waals surface area contributed by atoms with Crippen LogP contribution < -0.4 is 22.1 Å². The summed E-state index contributed by atoms with van der Waals surface area (Å²) in [5, 5.41) is 54.9. The summed E-state index contributed by atoms with van der Waals surface area (Å²) in [6, 6.07) is -0.176. The molecule has 102 heavy (non-hydrogen) atoms. The standard InChI is InChI=1S/C40H68N6O4.C40H69NO4.CH3N5.CH4/c1-13-42-39(12,34(5,6)7)22-50-31-28(46-44-33(41)43-45-46)20-40-23-49-21-36(31,9)29(40)15-14-26-27(40)16-17-38(11)30(32(47)48)35(8,25(4)24(2)3)18-19-37(26,38)10;1-14-41-39(13,34(6,7)8)23-45-32-26(4)21-40-24-44-22-36(32,10)30(40)16-15-28-29(40)17-18-38(12)31(33(42)43)35(9,27(5)25(2)3)19-20-37(28,38)11;2-1-3-5-6-4-1;/h16,24-26,28-31,42H,13-15,17-23H2,1-12H3,(H2,41,44)(H,47,48);17,25-28,30-32,41H,14-16,18-24H2,1-13H3,(H,42,43);(H3,2,3,4,5,6);1H4/t25-,26+,28-,29+,30-,31+,35-,36-,37-,38+,39+,40+;26-,27-,28+,30+,31-,32+,35-,36-,37-,38+,39+,40+;;/m11../s1. The lowest BCUT2D eigenvalue weighted by atomic mass is 9.34. The summed E-state index contributed by atoms with van der Waals surface area (Å²) in [4.78, 5) is 28.6. The van der Waals surface area contributed by atoms with Gasteiger partial charge in [0.25, 0.3) is 11.9 Å². The first kappa shape index (κ1) is 82.0. The lowest BCUT2D eigenvalue weighted by Crippen LogP contribution is -2.69. The zero-order valence-electron chi connectivity index (χ0n) is 67.5. The number of tetrazole rings is 2. The first-order valence-electron chi connectivity index (χ1n) is 39.5. The fraction of sp³-hybridized carbons (Fsp3) is 0.902. The fourth-order valence-electron chi connectivity index (χ4n) is 25.4. The maximum atomic E-state index is 13.5. The minimum Gasteiger partial charge on any atom is -0.481 e. The Morgan fingerprint density at radius 2 is 1.04 bits per heavy atom. The van der Waals surface area contributed by atoms with Gasteiger partial charge in [-0.15, -0.1) is 10.2 Å². The molecule has 0 spiro atoms. The Hall–Kier alpha value is -4.08. The van der Waals surface area contributed by atoms with Gasteiger partial charge in [-0.3, -0.25) is 9.59 Å².